The van der Waals surface area contributed by atoms with Crippen molar-refractivity contribution < 1.29 is 15.0 Å². The maximum absolute atomic E-state index is 11.1. The number of carbonyl (C=O) groups excluding carboxylic acids is 1. The number of fused-ring (bicyclic) bond motifs is 2. The second-order valence-electron chi connectivity index (χ2n) is 5.36. The lowest BCUT2D eigenvalue weighted by atomic mass is 9.83. The van der Waals surface area contributed by atoms with Crippen molar-refractivity contribution in [3.8, 4) is 0 Å². The molecule has 0 aromatic heterocycles. The van der Waals surface area contributed by atoms with Crippen molar-refractivity contribution >= 4 is 22.0 Å². The van der Waals surface area contributed by atoms with Gasteiger partial charge in [-0.25, -0.2) is 0 Å². The minimum Gasteiger partial charge on any atom is -0.530 e. The van der Waals surface area contributed by atoms with Crippen LogP contribution < -0.4 is 5.11 Å². The maximum Gasteiger partial charge on any atom is 0.137 e. The van der Waals surface area contributed by atoms with Crippen LogP contribution in [0.15, 0.2) is 28.7 Å². The number of carboxylic acid groups (broad SMARTS) is 1. The summed E-state index contributed by atoms with van der Waals surface area (Å²) in [5.74, 6) is 0.0150. The van der Waals surface area contributed by atoms with Crippen LogP contribution in [-0.4, -0.2) is 34.3 Å². The van der Waals surface area contributed by atoms with Crippen molar-refractivity contribution in [3.63, 3.8) is 0 Å². The predicted molar refractivity (Wildman–Crippen MR) is 71.6 cm³/mol. The zero-order valence-corrected chi connectivity index (χ0v) is 11.9. The molecule has 0 aliphatic carbocycles. The average Bonchev–Trinajstić information content (AvgIpc) is 2.73. The number of aliphatic hydroxyl groups excluding tert-OH is 1. The van der Waals surface area contributed by atoms with Gasteiger partial charge in [-0.05, 0) is 37.0 Å². The first kappa shape index (κ1) is 12.9. The summed E-state index contributed by atoms with van der Waals surface area (Å²) in [6.45, 7) is 0. The second kappa shape index (κ2) is 4.80. The normalized spacial score (nSPS) is 33.5. The van der Waals surface area contributed by atoms with Crippen molar-refractivity contribution in [1.82, 2.24) is 4.90 Å². The first-order valence-corrected chi connectivity index (χ1v) is 7.30. The molecule has 2 heterocycles. The third-order valence-electron chi connectivity index (χ3n) is 4.39. The van der Waals surface area contributed by atoms with Gasteiger partial charge < -0.3 is 19.9 Å². The molecule has 102 valence electrons. The molecular formula is C14H15BrNO3-. The van der Waals surface area contributed by atoms with E-state index in [1.165, 1.54) is 4.90 Å². The van der Waals surface area contributed by atoms with Crippen LogP contribution in [0, 0.1) is 0 Å². The van der Waals surface area contributed by atoms with E-state index < -0.39 is 12.2 Å². The van der Waals surface area contributed by atoms with Crippen LogP contribution in [-0.2, 0) is 0 Å². The van der Waals surface area contributed by atoms with Crippen LogP contribution in [0.1, 0.15) is 30.7 Å². The zero-order chi connectivity index (χ0) is 13.6. The molecule has 0 spiro atoms. The van der Waals surface area contributed by atoms with E-state index >= 15 is 0 Å². The van der Waals surface area contributed by atoms with E-state index in [-0.39, 0.29) is 18.0 Å². The Morgan fingerprint density at radius 2 is 2.00 bits per heavy atom. The zero-order valence-electron chi connectivity index (χ0n) is 10.3. The Bertz CT molecular complexity index is 490. The van der Waals surface area contributed by atoms with Crippen LogP contribution in [0.4, 0.5) is 4.79 Å². The summed E-state index contributed by atoms with van der Waals surface area (Å²) in [7, 11) is 0. The molecule has 1 amide bonds. The highest BCUT2D eigenvalue weighted by atomic mass is 79.9. The first-order chi connectivity index (χ1) is 9.08. The SMILES string of the molecule is O=C([O-])N1C2CCC1C(O)C(c1ccc(Br)cc1)C2. The molecule has 19 heavy (non-hydrogen) atoms. The van der Waals surface area contributed by atoms with Gasteiger partial charge in [-0.3, -0.25) is 0 Å². The van der Waals surface area contributed by atoms with Gasteiger partial charge in [0.05, 0.1) is 12.1 Å². The lowest BCUT2D eigenvalue weighted by Crippen LogP contribution is -2.57. The van der Waals surface area contributed by atoms with E-state index in [1.807, 2.05) is 24.3 Å². The summed E-state index contributed by atoms with van der Waals surface area (Å²) < 4.78 is 1.00. The minimum atomic E-state index is -1.15. The van der Waals surface area contributed by atoms with E-state index in [9.17, 15) is 15.0 Å². The van der Waals surface area contributed by atoms with Crippen molar-refractivity contribution in [1.29, 1.82) is 0 Å². The topological polar surface area (TPSA) is 63.6 Å². The van der Waals surface area contributed by atoms with Crippen molar-refractivity contribution in [2.75, 3.05) is 0 Å². The number of nitrogens with zero attached hydrogens (tertiary/aromatic N) is 1. The van der Waals surface area contributed by atoms with Crippen molar-refractivity contribution in [3.05, 3.63) is 34.3 Å². The van der Waals surface area contributed by atoms with E-state index in [1.54, 1.807) is 0 Å². The average molecular weight is 325 g/mol. The first-order valence-electron chi connectivity index (χ1n) is 6.51. The third kappa shape index (κ3) is 2.15. The number of benzene rings is 1. The number of carbonyl (C=O) groups is 1. The fourth-order valence-electron chi connectivity index (χ4n) is 3.51. The molecule has 4 unspecified atom stereocenters. The van der Waals surface area contributed by atoms with E-state index in [0.717, 1.165) is 22.9 Å². The molecule has 2 bridgehead atoms. The number of aliphatic hydroxyl groups is 1. The van der Waals surface area contributed by atoms with Crippen molar-refractivity contribution in [2.24, 2.45) is 0 Å². The molecule has 2 fully saturated rings. The van der Waals surface area contributed by atoms with Gasteiger partial charge in [-0.1, -0.05) is 28.1 Å². The second-order valence-corrected chi connectivity index (χ2v) is 6.27. The van der Waals surface area contributed by atoms with Gasteiger partial charge >= 0.3 is 0 Å². The summed E-state index contributed by atoms with van der Waals surface area (Å²) in [5.41, 5.74) is 1.07. The van der Waals surface area contributed by atoms with Gasteiger partial charge in [0.15, 0.2) is 0 Å². The van der Waals surface area contributed by atoms with Crippen LogP contribution in [0.5, 0.6) is 0 Å². The number of hydrogen-bond acceptors (Lipinski definition) is 3. The highest BCUT2D eigenvalue weighted by Crippen LogP contribution is 2.43. The summed E-state index contributed by atoms with van der Waals surface area (Å²) in [6.07, 6.45) is 0.432. The molecule has 4 atom stereocenters. The molecule has 4 nitrogen and oxygen atoms in total. The van der Waals surface area contributed by atoms with Gasteiger partial charge in [0.25, 0.3) is 0 Å². The molecule has 0 saturated carbocycles. The Morgan fingerprint density at radius 3 is 2.63 bits per heavy atom. The summed E-state index contributed by atoms with van der Waals surface area (Å²) in [4.78, 5) is 12.5. The number of rotatable bonds is 1. The Morgan fingerprint density at radius 1 is 1.32 bits per heavy atom. The summed E-state index contributed by atoms with van der Waals surface area (Å²) in [6, 6.07) is 7.58. The lowest BCUT2D eigenvalue weighted by Gasteiger charge is -2.44. The molecule has 0 radical (unpaired) electrons. The maximum atomic E-state index is 11.1. The van der Waals surface area contributed by atoms with Gasteiger partial charge in [0.1, 0.15) is 6.09 Å². The van der Waals surface area contributed by atoms with E-state index in [4.69, 9.17) is 0 Å². The van der Waals surface area contributed by atoms with Crippen LogP contribution in [0.3, 0.4) is 0 Å². The molecule has 5 heteroatoms. The highest BCUT2D eigenvalue weighted by Gasteiger charge is 2.46. The highest BCUT2D eigenvalue weighted by molar-refractivity contribution is 9.10. The molecule has 1 N–H and O–H groups in total. The fraction of sp³-hybridized carbons (Fsp3) is 0.500. The van der Waals surface area contributed by atoms with Crippen LogP contribution in [0.25, 0.3) is 0 Å². The van der Waals surface area contributed by atoms with E-state index in [2.05, 4.69) is 15.9 Å². The molecule has 1 aromatic rings. The third-order valence-corrected chi connectivity index (χ3v) is 4.92. The number of piperidine rings is 1. The van der Waals surface area contributed by atoms with Gasteiger partial charge in [-0.2, -0.15) is 0 Å². The van der Waals surface area contributed by atoms with Crippen molar-refractivity contribution in [2.45, 2.75) is 43.4 Å². The number of amides is 1. The number of halogens is 1. The summed E-state index contributed by atoms with van der Waals surface area (Å²) in [5, 5.41) is 21.6. The number of hydrogen-bond donors (Lipinski definition) is 1. The Hall–Kier alpha value is -1.07. The fourth-order valence-corrected chi connectivity index (χ4v) is 3.77. The standard InChI is InChI=1S/C14H16BrNO3/c15-9-3-1-8(2-4-9)11-7-10-5-6-12(13(11)17)16(10)14(18)19/h1-4,10-13,17H,5-7H2,(H,18,19)/p-1. The Kier molecular flexibility index (Phi) is 3.27. The largest absolute Gasteiger partial charge is 0.530 e. The minimum absolute atomic E-state index is 0.00736. The Balaban J connectivity index is 1.87. The molecule has 2 saturated heterocycles. The van der Waals surface area contributed by atoms with E-state index in [0.29, 0.717) is 6.42 Å². The van der Waals surface area contributed by atoms with Crippen LogP contribution in [0.2, 0.25) is 0 Å². The van der Waals surface area contributed by atoms with Gasteiger partial charge in [-0.15, -0.1) is 0 Å². The van der Waals surface area contributed by atoms with Gasteiger partial charge in [0.2, 0.25) is 0 Å². The quantitative estimate of drug-likeness (QED) is 0.850. The summed E-state index contributed by atoms with van der Waals surface area (Å²) >= 11 is 3.39. The van der Waals surface area contributed by atoms with Gasteiger partial charge in [0, 0.05) is 16.4 Å². The monoisotopic (exact) mass is 324 g/mol. The molecular weight excluding hydrogens is 310 g/mol. The Labute approximate surface area is 120 Å². The lowest BCUT2D eigenvalue weighted by molar-refractivity contribution is -0.272. The molecule has 3 rings (SSSR count). The molecule has 1 aromatic carbocycles. The smallest absolute Gasteiger partial charge is 0.137 e. The molecule has 2 aliphatic rings. The van der Waals surface area contributed by atoms with Crippen LogP contribution >= 0.6 is 15.9 Å². The predicted octanol–water partition coefficient (Wildman–Crippen LogP) is 1.47. The molecule has 2 aliphatic heterocycles.